The first-order valence-electron chi connectivity index (χ1n) is 9.83. The lowest BCUT2D eigenvalue weighted by atomic mass is 9.91. The number of amides is 1. The molecule has 1 aromatic rings. The quantitative estimate of drug-likeness (QED) is 0.844. The highest BCUT2D eigenvalue weighted by atomic mass is 16.3. The summed E-state index contributed by atoms with van der Waals surface area (Å²) in [5.41, 5.74) is 0.746. The van der Waals surface area contributed by atoms with Gasteiger partial charge < -0.3 is 14.2 Å². The van der Waals surface area contributed by atoms with Gasteiger partial charge in [-0.3, -0.25) is 9.69 Å². The fraction of sp³-hybridized carbons (Fsp3) is 0.750. The molecule has 1 amide bonds. The lowest BCUT2D eigenvalue weighted by Crippen LogP contribution is -2.48. The lowest BCUT2D eigenvalue weighted by molar-refractivity contribution is 0.0603. The summed E-state index contributed by atoms with van der Waals surface area (Å²) in [5, 5.41) is 0. The van der Waals surface area contributed by atoms with Crippen molar-refractivity contribution in [2.24, 2.45) is 5.92 Å². The van der Waals surface area contributed by atoms with E-state index >= 15 is 0 Å². The number of furan rings is 1. The van der Waals surface area contributed by atoms with Crippen LogP contribution >= 0.6 is 0 Å². The lowest BCUT2D eigenvalue weighted by Gasteiger charge is -2.37. The fourth-order valence-corrected chi connectivity index (χ4v) is 5.24. The van der Waals surface area contributed by atoms with E-state index in [0.717, 1.165) is 36.6 Å². The molecule has 1 aromatic heterocycles. The third-order valence-corrected chi connectivity index (χ3v) is 6.59. The van der Waals surface area contributed by atoms with E-state index in [2.05, 4.69) is 21.7 Å². The number of aryl methyl sites for hydroxylation is 2. The predicted octanol–water partition coefficient (Wildman–Crippen LogP) is 2.53. The molecule has 0 radical (unpaired) electrons. The van der Waals surface area contributed by atoms with Gasteiger partial charge in [0.1, 0.15) is 11.5 Å². The number of nitrogens with zero attached hydrogens (tertiary/aromatic N) is 3. The highest BCUT2D eigenvalue weighted by Crippen LogP contribution is 2.35. The second-order valence-corrected chi connectivity index (χ2v) is 8.26. The zero-order valence-electron chi connectivity index (χ0n) is 15.8. The normalized spacial score (nSPS) is 30.8. The minimum atomic E-state index is 0.151. The van der Waals surface area contributed by atoms with Gasteiger partial charge in [-0.2, -0.15) is 0 Å². The molecule has 3 aliphatic rings. The number of carbonyl (C=O) groups excluding carboxylic acids is 1. The van der Waals surface area contributed by atoms with Crippen molar-refractivity contribution in [2.75, 3.05) is 39.8 Å². The molecule has 0 saturated carbocycles. The molecule has 0 N–H and O–H groups in total. The van der Waals surface area contributed by atoms with Crippen molar-refractivity contribution >= 4 is 5.91 Å². The molecule has 0 aliphatic carbocycles. The summed E-state index contributed by atoms with van der Waals surface area (Å²) in [5.74, 6) is 2.34. The van der Waals surface area contributed by atoms with E-state index in [9.17, 15) is 4.79 Å². The Morgan fingerprint density at radius 2 is 2.00 bits per heavy atom. The topological polar surface area (TPSA) is 39.9 Å². The van der Waals surface area contributed by atoms with Crippen LogP contribution in [0.1, 0.15) is 47.6 Å². The maximum Gasteiger partial charge on any atom is 0.257 e. The number of rotatable bonds is 3. The maximum absolute atomic E-state index is 12.9. The number of piperidine rings is 1. The standard InChI is InChI=1S/C20H31N3O2/c1-14-10-18(15(2)25-14)20(24)23-9-6-19-16(12-23)11-17(21(19)3)13-22-7-4-5-8-22/h10,16-17,19H,4-9,11-13H2,1-3H3/t16?,17-,19?/m0/s1. The van der Waals surface area contributed by atoms with Crippen molar-refractivity contribution in [1.29, 1.82) is 0 Å². The molecule has 4 rings (SSSR count). The van der Waals surface area contributed by atoms with Gasteiger partial charge in [-0.1, -0.05) is 0 Å². The monoisotopic (exact) mass is 345 g/mol. The summed E-state index contributed by atoms with van der Waals surface area (Å²) < 4.78 is 5.56. The Kier molecular flexibility index (Phi) is 4.63. The summed E-state index contributed by atoms with van der Waals surface area (Å²) in [6.07, 6.45) is 5.04. The van der Waals surface area contributed by atoms with Gasteiger partial charge in [0.15, 0.2) is 0 Å². The second-order valence-electron chi connectivity index (χ2n) is 8.26. The first kappa shape index (κ1) is 17.1. The number of fused-ring (bicyclic) bond motifs is 1. The van der Waals surface area contributed by atoms with Crippen LogP contribution in [0.5, 0.6) is 0 Å². The molecule has 3 saturated heterocycles. The van der Waals surface area contributed by atoms with E-state index in [1.807, 2.05) is 19.9 Å². The molecule has 5 nitrogen and oxygen atoms in total. The fourth-order valence-electron chi connectivity index (χ4n) is 5.24. The number of likely N-dealkylation sites (N-methyl/N-ethyl adjacent to an activating group) is 1. The van der Waals surface area contributed by atoms with Gasteiger partial charge in [0, 0.05) is 31.7 Å². The molecule has 25 heavy (non-hydrogen) atoms. The van der Waals surface area contributed by atoms with Crippen LogP contribution in [0.3, 0.4) is 0 Å². The van der Waals surface area contributed by atoms with Crippen molar-refractivity contribution in [3.8, 4) is 0 Å². The van der Waals surface area contributed by atoms with Crippen LogP contribution in [0.2, 0.25) is 0 Å². The van der Waals surface area contributed by atoms with E-state index in [0.29, 0.717) is 18.0 Å². The van der Waals surface area contributed by atoms with Crippen molar-refractivity contribution in [3.05, 3.63) is 23.2 Å². The minimum Gasteiger partial charge on any atom is -0.466 e. The molecular formula is C20H31N3O2. The van der Waals surface area contributed by atoms with E-state index in [1.54, 1.807) is 0 Å². The van der Waals surface area contributed by atoms with Gasteiger partial charge in [-0.15, -0.1) is 0 Å². The highest BCUT2D eigenvalue weighted by Gasteiger charge is 2.43. The van der Waals surface area contributed by atoms with Crippen molar-refractivity contribution in [2.45, 2.75) is 51.6 Å². The number of likely N-dealkylation sites (tertiary alicyclic amines) is 3. The van der Waals surface area contributed by atoms with E-state index in [-0.39, 0.29) is 5.91 Å². The smallest absolute Gasteiger partial charge is 0.257 e. The highest BCUT2D eigenvalue weighted by molar-refractivity contribution is 5.95. The van der Waals surface area contributed by atoms with Gasteiger partial charge in [-0.25, -0.2) is 0 Å². The van der Waals surface area contributed by atoms with Crippen molar-refractivity contribution in [3.63, 3.8) is 0 Å². The van der Waals surface area contributed by atoms with Crippen molar-refractivity contribution < 1.29 is 9.21 Å². The van der Waals surface area contributed by atoms with Gasteiger partial charge in [-0.05, 0) is 71.7 Å². The predicted molar refractivity (Wildman–Crippen MR) is 97.8 cm³/mol. The molecule has 4 heterocycles. The van der Waals surface area contributed by atoms with Crippen LogP contribution in [0.15, 0.2) is 10.5 Å². The Morgan fingerprint density at radius 3 is 2.68 bits per heavy atom. The zero-order chi connectivity index (χ0) is 17.6. The average molecular weight is 345 g/mol. The van der Waals surface area contributed by atoms with E-state index in [4.69, 9.17) is 4.42 Å². The molecule has 2 unspecified atom stereocenters. The minimum absolute atomic E-state index is 0.151. The molecule has 3 fully saturated rings. The third kappa shape index (κ3) is 3.24. The van der Waals surface area contributed by atoms with E-state index in [1.165, 1.54) is 38.9 Å². The molecule has 0 bridgehead atoms. The third-order valence-electron chi connectivity index (χ3n) is 6.59. The van der Waals surface area contributed by atoms with Crippen molar-refractivity contribution in [1.82, 2.24) is 14.7 Å². The molecule has 0 aromatic carbocycles. The first-order valence-corrected chi connectivity index (χ1v) is 9.83. The summed E-state index contributed by atoms with van der Waals surface area (Å²) >= 11 is 0. The summed E-state index contributed by atoms with van der Waals surface area (Å²) in [7, 11) is 2.30. The Bertz CT molecular complexity index is 635. The molecule has 138 valence electrons. The van der Waals surface area contributed by atoms with E-state index < -0.39 is 0 Å². The van der Waals surface area contributed by atoms with Gasteiger partial charge in [0.05, 0.1) is 5.56 Å². The Labute approximate surface area is 150 Å². The number of hydrogen-bond acceptors (Lipinski definition) is 4. The molecular weight excluding hydrogens is 314 g/mol. The maximum atomic E-state index is 12.9. The Morgan fingerprint density at radius 1 is 1.24 bits per heavy atom. The van der Waals surface area contributed by atoms with Crippen LogP contribution in [-0.2, 0) is 0 Å². The molecule has 5 heteroatoms. The van der Waals surface area contributed by atoms with Crippen LogP contribution in [0.25, 0.3) is 0 Å². The molecule has 3 aliphatic heterocycles. The number of carbonyl (C=O) groups is 1. The SMILES string of the molecule is Cc1cc(C(=O)N2CCC3C(C[C@@H](CN4CCCC4)N3C)C2)c(C)o1. The van der Waals surface area contributed by atoms with Crippen LogP contribution in [-0.4, -0.2) is 72.5 Å². The largest absolute Gasteiger partial charge is 0.466 e. The number of hydrogen-bond donors (Lipinski definition) is 0. The van der Waals surface area contributed by atoms with Crippen LogP contribution < -0.4 is 0 Å². The molecule has 0 spiro atoms. The van der Waals surface area contributed by atoms with Gasteiger partial charge in [0.2, 0.25) is 0 Å². The second kappa shape index (κ2) is 6.76. The first-order chi connectivity index (χ1) is 12.0. The Balaban J connectivity index is 1.41. The summed E-state index contributed by atoms with van der Waals surface area (Å²) in [4.78, 5) is 20.2. The molecule has 3 atom stereocenters. The summed E-state index contributed by atoms with van der Waals surface area (Å²) in [6.45, 7) is 9.30. The average Bonchev–Trinajstić information content (AvgIpc) is 3.28. The summed E-state index contributed by atoms with van der Waals surface area (Å²) in [6, 6.07) is 3.19. The van der Waals surface area contributed by atoms with Crippen LogP contribution in [0, 0.1) is 19.8 Å². The van der Waals surface area contributed by atoms with Gasteiger partial charge in [0.25, 0.3) is 5.91 Å². The zero-order valence-corrected chi connectivity index (χ0v) is 15.8. The van der Waals surface area contributed by atoms with Gasteiger partial charge >= 0.3 is 0 Å². The van der Waals surface area contributed by atoms with Crippen LogP contribution in [0.4, 0.5) is 0 Å². The Hall–Kier alpha value is -1.33.